The number of benzene rings is 1. The molecule has 1 nitrogen and oxygen atoms in total. The van der Waals surface area contributed by atoms with Gasteiger partial charge in [0.05, 0.1) is 0 Å². The third-order valence-electron chi connectivity index (χ3n) is 3.44. The average molecular weight is 282 g/mol. The quantitative estimate of drug-likeness (QED) is 0.869. The first kappa shape index (κ1) is 12.1. The van der Waals surface area contributed by atoms with Crippen molar-refractivity contribution < 1.29 is 0 Å². The Morgan fingerprint density at radius 2 is 2.25 bits per heavy atom. The van der Waals surface area contributed by atoms with E-state index in [0.717, 1.165) is 18.3 Å². The van der Waals surface area contributed by atoms with Crippen LogP contribution in [0, 0.1) is 11.8 Å². The number of halogens is 1. The first-order valence-electron chi connectivity index (χ1n) is 6.13. The van der Waals surface area contributed by atoms with Gasteiger partial charge in [-0.2, -0.15) is 0 Å². The maximum atomic E-state index is 3.63. The molecule has 16 heavy (non-hydrogen) atoms. The van der Waals surface area contributed by atoms with Gasteiger partial charge in [0.2, 0.25) is 0 Å². The van der Waals surface area contributed by atoms with Gasteiger partial charge in [0.15, 0.2) is 0 Å². The van der Waals surface area contributed by atoms with Crippen molar-refractivity contribution in [3.05, 3.63) is 34.3 Å². The molecule has 0 bridgehead atoms. The van der Waals surface area contributed by atoms with E-state index in [1.165, 1.54) is 23.0 Å². The topological polar surface area (TPSA) is 12.0 Å². The van der Waals surface area contributed by atoms with Crippen LogP contribution in [0.25, 0.3) is 0 Å². The van der Waals surface area contributed by atoms with E-state index in [-0.39, 0.29) is 0 Å². The van der Waals surface area contributed by atoms with Gasteiger partial charge in [0.25, 0.3) is 0 Å². The van der Waals surface area contributed by atoms with Gasteiger partial charge >= 0.3 is 0 Å². The van der Waals surface area contributed by atoms with E-state index in [4.69, 9.17) is 0 Å². The summed E-state index contributed by atoms with van der Waals surface area (Å²) in [7, 11) is 0. The largest absolute Gasteiger partial charge is 0.314 e. The van der Waals surface area contributed by atoms with Crippen molar-refractivity contribution in [1.82, 2.24) is 5.32 Å². The Balaban J connectivity index is 1.75. The molecule has 3 atom stereocenters. The molecule has 1 aromatic carbocycles. The summed E-state index contributed by atoms with van der Waals surface area (Å²) in [5.41, 5.74) is 1.40. The minimum Gasteiger partial charge on any atom is -0.314 e. The van der Waals surface area contributed by atoms with Crippen LogP contribution < -0.4 is 5.32 Å². The summed E-state index contributed by atoms with van der Waals surface area (Å²) < 4.78 is 1.17. The Hall–Kier alpha value is -0.340. The second-order valence-corrected chi connectivity index (χ2v) is 6.03. The smallest absolute Gasteiger partial charge is 0.0178 e. The maximum absolute atomic E-state index is 3.63. The Kier molecular flexibility index (Phi) is 4.04. The highest BCUT2D eigenvalue weighted by Crippen LogP contribution is 2.36. The minimum absolute atomic E-state index is 0.571. The highest BCUT2D eigenvalue weighted by atomic mass is 79.9. The molecule has 0 aliphatic heterocycles. The molecule has 2 rings (SSSR count). The lowest BCUT2D eigenvalue weighted by molar-refractivity contribution is 0.515. The minimum atomic E-state index is 0.571. The fraction of sp³-hybridized carbons (Fsp3) is 0.571. The second-order valence-electron chi connectivity index (χ2n) is 5.12. The Morgan fingerprint density at radius 1 is 1.50 bits per heavy atom. The first-order chi connectivity index (χ1) is 7.65. The van der Waals surface area contributed by atoms with Gasteiger partial charge in [-0.05, 0) is 55.8 Å². The van der Waals surface area contributed by atoms with Crippen LogP contribution in [0.5, 0.6) is 0 Å². The van der Waals surface area contributed by atoms with E-state index in [1.54, 1.807) is 0 Å². The fourth-order valence-electron chi connectivity index (χ4n) is 2.13. The lowest BCUT2D eigenvalue weighted by Crippen LogP contribution is -2.30. The summed E-state index contributed by atoms with van der Waals surface area (Å²) in [5.74, 6) is 1.88. The highest BCUT2D eigenvalue weighted by Gasteiger charge is 2.31. The highest BCUT2D eigenvalue weighted by molar-refractivity contribution is 9.10. The van der Waals surface area contributed by atoms with E-state index >= 15 is 0 Å². The van der Waals surface area contributed by atoms with E-state index in [0.29, 0.717) is 6.04 Å². The zero-order valence-corrected chi connectivity index (χ0v) is 11.6. The molecule has 0 radical (unpaired) electrons. The molecule has 1 N–H and O–H groups in total. The SMILES string of the molecule is CC(Cc1cccc(Br)c1)NCC1CC1C. The standard InChI is InChI=1S/C14H20BrN/c1-10-6-13(10)9-16-11(2)7-12-4-3-5-14(15)8-12/h3-5,8,10-11,13,16H,6-7,9H2,1-2H3. The van der Waals surface area contributed by atoms with E-state index in [9.17, 15) is 0 Å². The van der Waals surface area contributed by atoms with E-state index in [2.05, 4.69) is 59.4 Å². The van der Waals surface area contributed by atoms with Crippen molar-refractivity contribution in [1.29, 1.82) is 0 Å². The molecule has 1 aliphatic rings. The lowest BCUT2D eigenvalue weighted by Gasteiger charge is -2.13. The molecule has 1 aliphatic carbocycles. The molecule has 2 heteroatoms. The van der Waals surface area contributed by atoms with Crippen molar-refractivity contribution in [2.75, 3.05) is 6.54 Å². The first-order valence-corrected chi connectivity index (χ1v) is 6.92. The van der Waals surface area contributed by atoms with Crippen molar-refractivity contribution in [2.45, 2.75) is 32.7 Å². The Labute approximate surface area is 107 Å². The fourth-order valence-corrected chi connectivity index (χ4v) is 2.57. The van der Waals surface area contributed by atoms with Crippen LogP contribution in [-0.4, -0.2) is 12.6 Å². The number of hydrogen-bond acceptors (Lipinski definition) is 1. The third-order valence-corrected chi connectivity index (χ3v) is 3.93. The maximum Gasteiger partial charge on any atom is 0.0178 e. The number of nitrogens with one attached hydrogen (secondary N) is 1. The van der Waals surface area contributed by atoms with E-state index in [1.807, 2.05) is 0 Å². The molecular weight excluding hydrogens is 262 g/mol. The molecule has 3 unspecified atom stereocenters. The number of rotatable bonds is 5. The zero-order valence-electron chi connectivity index (χ0n) is 10.0. The predicted octanol–water partition coefficient (Wildman–Crippen LogP) is 3.63. The van der Waals surface area contributed by atoms with Crippen LogP contribution in [0.1, 0.15) is 25.8 Å². The van der Waals surface area contributed by atoms with Crippen LogP contribution in [0.2, 0.25) is 0 Å². The predicted molar refractivity (Wildman–Crippen MR) is 72.6 cm³/mol. The molecule has 0 amide bonds. The third kappa shape index (κ3) is 3.60. The van der Waals surface area contributed by atoms with Crippen LogP contribution in [-0.2, 0) is 6.42 Å². The van der Waals surface area contributed by atoms with Gasteiger partial charge in [-0.3, -0.25) is 0 Å². The molecule has 0 saturated heterocycles. The molecule has 0 spiro atoms. The van der Waals surface area contributed by atoms with Gasteiger partial charge in [0, 0.05) is 10.5 Å². The van der Waals surface area contributed by atoms with Crippen molar-refractivity contribution in [2.24, 2.45) is 11.8 Å². The molecular formula is C14H20BrN. The summed E-state index contributed by atoms with van der Waals surface area (Å²) in [6, 6.07) is 9.16. The normalized spacial score (nSPS) is 25.4. The Bertz CT molecular complexity index is 350. The van der Waals surface area contributed by atoms with Gasteiger partial charge < -0.3 is 5.32 Å². The van der Waals surface area contributed by atoms with Crippen LogP contribution in [0.4, 0.5) is 0 Å². The zero-order chi connectivity index (χ0) is 11.5. The summed E-state index contributed by atoms with van der Waals surface area (Å²) in [4.78, 5) is 0. The summed E-state index contributed by atoms with van der Waals surface area (Å²) in [6.07, 6.45) is 2.52. The van der Waals surface area contributed by atoms with Crippen LogP contribution in [0.3, 0.4) is 0 Å². The van der Waals surface area contributed by atoms with Gasteiger partial charge in [-0.1, -0.05) is 35.0 Å². The molecule has 1 fully saturated rings. The summed E-state index contributed by atoms with van der Waals surface area (Å²) >= 11 is 3.51. The summed E-state index contributed by atoms with van der Waals surface area (Å²) in [6.45, 7) is 5.80. The molecule has 0 heterocycles. The Morgan fingerprint density at radius 3 is 2.88 bits per heavy atom. The molecule has 1 saturated carbocycles. The second kappa shape index (κ2) is 5.33. The van der Waals surface area contributed by atoms with E-state index < -0.39 is 0 Å². The molecule has 0 aromatic heterocycles. The van der Waals surface area contributed by atoms with Crippen LogP contribution >= 0.6 is 15.9 Å². The van der Waals surface area contributed by atoms with Gasteiger partial charge in [0.1, 0.15) is 0 Å². The average Bonchev–Trinajstić information content (AvgIpc) is 2.92. The monoisotopic (exact) mass is 281 g/mol. The lowest BCUT2D eigenvalue weighted by atomic mass is 10.1. The molecule has 88 valence electrons. The van der Waals surface area contributed by atoms with Crippen LogP contribution in [0.15, 0.2) is 28.7 Å². The van der Waals surface area contributed by atoms with Crippen molar-refractivity contribution in [3.63, 3.8) is 0 Å². The van der Waals surface area contributed by atoms with Gasteiger partial charge in [-0.15, -0.1) is 0 Å². The molecule has 1 aromatic rings. The van der Waals surface area contributed by atoms with Gasteiger partial charge in [-0.25, -0.2) is 0 Å². The number of hydrogen-bond donors (Lipinski definition) is 1. The van der Waals surface area contributed by atoms with Crippen molar-refractivity contribution >= 4 is 15.9 Å². The summed E-state index contributed by atoms with van der Waals surface area (Å²) in [5, 5.41) is 3.63. The van der Waals surface area contributed by atoms with Crippen molar-refractivity contribution in [3.8, 4) is 0 Å².